The van der Waals surface area contributed by atoms with E-state index in [9.17, 15) is 15.2 Å². The van der Waals surface area contributed by atoms with Crippen molar-refractivity contribution in [1.82, 2.24) is 0 Å². The van der Waals surface area contributed by atoms with Gasteiger partial charge in [-0.3, -0.25) is 10.1 Å². The number of para-hydroxylation sites is 1. The van der Waals surface area contributed by atoms with Crippen molar-refractivity contribution in [2.75, 3.05) is 5.88 Å². The van der Waals surface area contributed by atoms with Crippen molar-refractivity contribution in [3.63, 3.8) is 0 Å². The number of nitrogens with zero attached hydrogens (tertiary/aromatic N) is 1. The number of benzene rings is 1. The van der Waals surface area contributed by atoms with E-state index in [1.165, 1.54) is 18.2 Å². The van der Waals surface area contributed by atoms with E-state index in [4.69, 9.17) is 11.6 Å². The quantitative estimate of drug-likeness (QED) is 0.364. The Bertz CT molecular complexity index is 434. The zero-order valence-electron chi connectivity index (χ0n) is 7.74. The number of halogens is 1. The predicted molar refractivity (Wildman–Crippen MR) is 57.0 cm³/mol. The molecule has 0 fully saturated rings. The second-order valence-electron chi connectivity index (χ2n) is 2.67. The van der Waals surface area contributed by atoms with Gasteiger partial charge in [0.05, 0.1) is 10.5 Å². The second-order valence-corrected chi connectivity index (χ2v) is 3.05. The summed E-state index contributed by atoms with van der Waals surface area (Å²) in [6, 6.07) is 4.22. The summed E-state index contributed by atoms with van der Waals surface area (Å²) in [7, 11) is 0. The van der Waals surface area contributed by atoms with Crippen LogP contribution in [0, 0.1) is 22.0 Å². The Labute approximate surface area is 91.6 Å². The third-order valence-electron chi connectivity index (χ3n) is 1.65. The molecule has 1 N–H and O–H groups in total. The van der Waals surface area contributed by atoms with E-state index in [1.807, 2.05) is 0 Å². The molecule has 0 aromatic heterocycles. The molecule has 0 spiro atoms. The topological polar surface area (TPSA) is 63.4 Å². The third kappa shape index (κ3) is 2.86. The fourth-order valence-corrected chi connectivity index (χ4v) is 1.08. The number of hydrogen-bond acceptors (Lipinski definition) is 3. The molecule has 0 atom stereocenters. The van der Waals surface area contributed by atoms with Crippen LogP contribution in [-0.4, -0.2) is 15.9 Å². The maximum atomic E-state index is 10.5. The highest BCUT2D eigenvalue weighted by Gasteiger charge is 2.14. The average molecular weight is 226 g/mol. The monoisotopic (exact) mass is 225 g/mol. The smallest absolute Gasteiger partial charge is 0.312 e. The zero-order chi connectivity index (χ0) is 11.3. The van der Waals surface area contributed by atoms with E-state index in [-0.39, 0.29) is 11.3 Å². The van der Waals surface area contributed by atoms with Crippen LogP contribution in [0.15, 0.2) is 18.2 Å². The molecule has 1 rings (SSSR count). The minimum absolute atomic E-state index is 0.245. The van der Waals surface area contributed by atoms with Gasteiger partial charge >= 0.3 is 5.69 Å². The first-order chi connectivity index (χ1) is 7.16. The molecular weight excluding hydrogens is 218 g/mol. The molecule has 4 nitrogen and oxygen atoms in total. The lowest BCUT2D eigenvalue weighted by molar-refractivity contribution is -0.385. The van der Waals surface area contributed by atoms with Gasteiger partial charge in [0.1, 0.15) is 0 Å². The number of phenolic OH excluding ortho intramolecular Hbond substituents is 1. The lowest BCUT2D eigenvalue weighted by Gasteiger charge is -1.97. The number of phenols is 1. The van der Waals surface area contributed by atoms with Gasteiger partial charge in [-0.15, -0.1) is 11.6 Å². The lowest BCUT2D eigenvalue weighted by atomic mass is 10.2. The van der Waals surface area contributed by atoms with Crippen molar-refractivity contribution in [2.24, 2.45) is 0 Å². The number of nitro groups is 1. The summed E-state index contributed by atoms with van der Waals surface area (Å²) in [5, 5.41) is 20.0. The molecule has 0 unspecified atom stereocenters. The molecule has 0 aliphatic carbocycles. The summed E-state index contributed by atoms with van der Waals surface area (Å²) in [5.74, 6) is 5.31. The number of rotatable bonds is 2. The Kier molecular flexibility index (Phi) is 3.95. The van der Waals surface area contributed by atoms with E-state index in [2.05, 4.69) is 11.8 Å². The molecule has 0 aliphatic heterocycles. The first-order valence-corrected chi connectivity index (χ1v) is 4.71. The van der Waals surface area contributed by atoms with Gasteiger partial charge in [0.15, 0.2) is 0 Å². The number of alkyl halides is 1. The van der Waals surface area contributed by atoms with Gasteiger partial charge in [-0.2, -0.15) is 0 Å². The highest BCUT2D eigenvalue weighted by molar-refractivity contribution is 6.18. The Morgan fingerprint density at radius 1 is 1.53 bits per heavy atom. The average Bonchev–Trinajstić information content (AvgIpc) is 2.20. The fraction of sp³-hybridized carbons (Fsp3) is 0.200. The van der Waals surface area contributed by atoms with Crippen molar-refractivity contribution in [3.05, 3.63) is 33.9 Å². The van der Waals surface area contributed by atoms with Gasteiger partial charge in [-0.25, -0.2) is 0 Å². The molecule has 0 amide bonds. The molecule has 0 bridgehead atoms. The van der Waals surface area contributed by atoms with Crippen LogP contribution in [0.4, 0.5) is 5.69 Å². The van der Waals surface area contributed by atoms with Gasteiger partial charge in [0.25, 0.3) is 0 Å². The third-order valence-corrected chi connectivity index (χ3v) is 1.84. The van der Waals surface area contributed by atoms with E-state index in [0.717, 1.165) is 0 Å². The van der Waals surface area contributed by atoms with Crippen molar-refractivity contribution in [3.8, 4) is 17.6 Å². The van der Waals surface area contributed by atoms with Crippen molar-refractivity contribution < 1.29 is 10.0 Å². The largest absolute Gasteiger partial charge is 0.501 e. The van der Waals surface area contributed by atoms with Crippen LogP contribution >= 0.6 is 11.6 Å². The minimum atomic E-state index is -0.651. The summed E-state index contributed by atoms with van der Waals surface area (Å²) < 4.78 is 0. The molecule has 78 valence electrons. The molecule has 15 heavy (non-hydrogen) atoms. The zero-order valence-corrected chi connectivity index (χ0v) is 8.49. The summed E-state index contributed by atoms with van der Waals surface area (Å²) in [4.78, 5) is 9.83. The molecule has 5 heteroatoms. The van der Waals surface area contributed by atoms with E-state index < -0.39 is 10.7 Å². The van der Waals surface area contributed by atoms with Crippen LogP contribution in [-0.2, 0) is 0 Å². The highest BCUT2D eigenvalue weighted by Crippen LogP contribution is 2.28. The molecule has 1 aromatic rings. The van der Waals surface area contributed by atoms with Gasteiger partial charge in [-0.1, -0.05) is 17.9 Å². The predicted octanol–water partition coefficient (Wildman–Crippen LogP) is 2.28. The maximum absolute atomic E-state index is 10.5. The standard InChI is InChI=1S/C10H8ClNO3/c11-7-2-1-4-8-5-3-6-9(10(8)13)12(14)15/h3,5-6,13H,2,7H2. The van der Waals surface area contributed by atoms with E-state index in [0.29, 0.717) is 12.3 Å². The number of aromatic hydroxyl groups is 1. The van der Waals surface area contributed by atoms with Crippen LogP contribution in [0.2, 0.25) is 0 Å². The van der Waals surface area contributed by atoms with Crippen LogP contribution in [0.25, 0.3) is 0 Å². The van der Waals surface area contributed by atoms with Crippen LogP contribution < -0.4 is 0 Å². The SMILES string of the molecule is O=[N+]([O-])c1cccc(C#CCCCl)c1O. The highest BCUT2D eigenvalue weighted by atomic mass is 35.5. The van der Waals surface area contributed by atoms with Gasteiger partial charge < -0.3 is 5.11 Å². The molecular formula is C10H8ClNO3. The molecule has 0 radical (unpaired) electrons. The molecule has 0 saturated heterocycles. The van der Waals surface area contributed by atoms with Gasteiger partial charge in [-0.05, 0) is 6.07 Å². The summed E-state index contributed by atoms with van der Waals surface area (Å²) in [6.07, 6.45) is 0.476. The van der Waals surface area contributed by atoms with Crippen LogP contribution in [0.5, 0.6) is 5.75 Å². The van der Waals surface area contributed by atoms with E-state index >= 15 is 0 Å². The normalized spacial score (nSPS) is 9.13. The second kappa shape index (κ2) is 5.23. The minimum Gasteiger partial charge on any atom is -0.501 e. The Balaban J connectivity index is 3.06. The lowest BCUT2D eigenvalue weighted by Crippen LogP contribution is -1.89. The summed E-state index contributed by atoms with van der Waals surface area (Å²) in [5.41, 5.74) is -0.0954. The summed E-state index contributed by atoms with van der Waals surface area (Å²) >= 11 is 5.42. The van der Waals surface area contributed by atoms with Crippen molar-refractivity contribution in [1.29, 1.82) is 0 Å². The first kappa shape index (κ1) is 11.3. The molecule has 0 saturated carbocycles. The molecule has 1 aromatic carbocycles. The van der Waals surface area contributed by atoms with Crippen LogP contribution in [0.3, 0.4) is 0 Å². The number of hydrogen-bond donors (Lipinski definition) is 1. The Morgan fingerprint density at radius 2 is 2.27 bits per heavy atom. The number of nitro benzene ring substituents is 1. The van der Waals surface area contributed by atoms with E-state index in [1.54, 1.807) is 0 Å². The molecule has 0 heterocycles. The fourth-order valence-electron chi connectivity index (χ4n) is 0.984. The van der Waals surface area contributed by atoms with Crippen LogP contribution in [0.1, 0.15) is 12.0 Å². The van der Waals surface area contributed by atoms with Gasteiger partial charge in [0.2, 0.25) is 5.75 Å². The first-order valence-electron chi connectivity index (χ1n) is 4.18. The Morgan fingerprint density at radius 3 is 2.87 bits per heavy atom. The molecule has 0 aliphatic rings. The Hall–Kier alpha value is -1.73. The summed E-state index contributed by atoms with van der Waals surface area (Å²) in [6.45, 7) is 0. The maximum Gasteiger partial charge on any atom is 0.312 e. The van der Waals surface area contributed by atoms with Crippen molar-refractivity contribution >= 4 is 17.3 Å². The van der Waals surface area contributed by atoms with Gasteiger partial charge in [0, 0.05) is 18.4 Å². The van der Waals surface area contributed by atoms with Crippen molar-refractivity contribution in [2.45, 2.75) is 6.42 Å².